The molecule has 174 valence electrons. The van der Waals surface area contributed by atoms with Gasteiger partial charge < -0.3 is 18.8 Å². The largest absolute Gasteiger partial charge is 0.755 e. The van der Waals surface area contributed by atoms with Gasteiger partial charge in [0.1, 0.15) is 11.6 Å². The third-order valence-electron chi connectivity index (χ3n) is 5.53. The van der Waals surface area contributed by atoms with Gasteiger partial charge in [0.2, 0.25) is 5.91 Å². The van der Waals surface area contributed by atoms with E-state index >= 15 is 0 Å². The highest BCUT2D eigenvalue weighted by Gasteiger charge is 2.33. The lowest BCUT2D eigenvalue weighted by molar-refractivity contribution is -0.274. The van der Waals surface area contributed by atoms with Crippen molar-refractivity contribution >= 4 is 28.7 Å². The summed E-state index contributed by atoms with van der Waals surface area (Å²) >= 11 is -2.93. The van der Waals surface area contributed by atoms with Gasteiger partial charge in [-0.2, -0.15) is 0 Å². The summed E-state index contributed by atoms with van der Waals surface area (Å²) in [5, 5.41) is 0. The summed E-state index contributed by atoms with van der Waals surface area (Å²) in [6, 6.07) is 4.15. The smallest absolute Gasteiger partial charge is 0.573 e. The molecule has 0 radical (unpaired) electrons. The van der Waals surface area contributed by atoms with Crippen LogP contribution in [0, 0.1) is 11.8 Å². The average molecular weight is 471 g/mol. The number of ether oxygens (including phenoxy) is 1. The van der Waals surface area contributed by atoms with Gasteiger partial charge in [0.05, 0.1) is 29.2 Å². The van der Waals surface area contributed by atoms with Crippen LogP contribution in [0.25, 0.3) is 0 Å². The number of carbonyl (C=O) groups is 1. The quantitative estimate of drug-likeness (QED) is 0.576. The van der Waals surface area contributed by atoms with Gasteiger partial charge in [0.25, 0.3) is 0 Å². The molecule has 1 aliphatic heterocycles. The minimum absolute atomic E-state index is 0.0521. The number of amides is 1. The number of piperidine rings is 1. The number of anilines is 2. The summed E-state index contributed by atoms with van der Waals surface area (Å²) in [4.78, 5) is 19.4. The van der Waals surface area contributed by atoms with Crippen molar-refractivity contribution < 1.29 is 31.5 Å². The van der Waals surface area contributed by atoms with E-state index in [1.54, 1.807) is 6.33 Å². The van der Waals surface area contributed by atoms with Gasteiger partial charge in [-0.25, -0.2) is 9.29 Å². The molecule has 12 heteroatoms. The molecule has 2 heterocycles. The topological polar surface area (TPSA) is 90.7 Å². The molecule has 0 N–H and O–H groups in total. The van der Waals surface area contributed by atoms with Crippen molar-refractivity contribution in [3.63, 3.8) is 0 Å². The first-order chi connectivity index (χ1) is 15.2. The summed E-state index contributed by atoms with van der Waals surface area (Å²) < 4.78 is 67.1. The van der Waals surface area contributed by atoms with Crippen molar-refractivity contribution in [1.29, 1.82) is 0 Å². The van der Waals surface area contributed by atoms with Crippen LogP contribution < -0.4 is 13.9 Å². The SMILES string of the molecule is O=C([C@@H]1CCCN(c2cn(CC3CC3)cn2)C1)N(c1ccc(OC(F)(F)F)cc1)S(=O)[O-]. The van der Waals surface area contributed by atoms with Crippen LogP contribution in [0.2, 0.25) is 0 Å². The maximum atomic E-state index is 13.1. The fourth-order valence-corrected chi connectivity index (χ4v) is 4.42. The Morgan fingerprint density at radius 2 is 1.97 bits per heavy atom. The molecule has 1 aliphatic carbocycles. The van der Waals surface area contributed by atoms with Crippen LogP contribution in [-0.2, 0) is 22.6 Å². The lowest BCUT2D eigenvalue weighted by atomic mass is 9.97. The van der Waals surface area contributed by atoms with Gasteiger partial charge >= 0.3 is 6.36 Å². The molecule has 1 amide bonds. The molecule has 1 aromatic heterocycles. The zero-order valence-electron chi connectivity index (χ0n) is 17.0. The highest BCUT2D eigenvalue weighted by atomic mass is 32.2. The molecule has 2 aromatic rings. The molecular weight excluding hydrogens is 449 g/mol. The van der Waals surface area contributed by atoms with Crippen molar-refractivity contribution in [2.24, 2.45) is 11.8 Å². The molecule has 0 spiro atoms. The third kappa shape index (κ3) is 5.60. The molecule has 32 heavy (non-hydrogen) atoms. The highest BCUT2D eigenvalue weighted by Crippen LogP contribution is 2.32. The van der Waals surface area contributed by atoms with E-state index in [2.05, 4.69) is 9.72 Å². The van der Waals surface area contributed by atoms with Gasteiger partial charge in [0.15, 0.2) is 0 Å². The Balaban J connectivity index is 1.45. The number of imidazole rings is 1. The molecule has 1 saturated carbocycles. The van der Waals surface area contributed by atoms with Crippen molar-refractivity contribution in [2.75, 3.05) is 22.3 Å². The lowest BCUT2D eigenvalue weighted by Gasteiger charge is -2.35. The first kappa shape index (κ1) is 22.6. The lowest BCUT2D eigenvalue weighted by Crippen LogP contribution is -2.45. The van der Waals surface area contributed by atoms with Crippen molar-refractivity contribution in [3.8, 4) is 5.75 Å². The molecular formula is C20H22F3N4O4S-. The van der Waals surface area contributed by atoms with Crippen LogP contribution in [0.3, 0.4) is 0 Å². The number of hydrogen-bond acceptors (Lipinski definition) is 6. The second-order valence-corrected chi connectivity index (χ2v) is 8.85. The Morgan fingerprint density at radius 1 is 1.25 bits per heavy atom. The zero-order valence-corrected chi connectivity index (χ0v) is 17.8. The Labute approximate surface area is 185 Å². The maximum absolute atomic E-state index is 13.1. The number of hydrogen-bond donors (Lipinski definition) is 0. The molecule has 1 aromatic carbocycles. The van der Waals surface area contributed by atoms with Crippen LogP contribution >= 0.6 is 0 Å². The van der Waals surface area contributed by atoms with E-state index in [1.165, 1.54) is 12.8 Å². The van der Waals surface area contributed by atoms with E-state index < -0.39 is 35.2 Å². The van der Waals surface area contributed by atoms with E-state index in [1.807, 2.05) is 15.7 Å². The summed E-state index contributed by atoms with van der Waals surface area (Å²) in [6.07, 6.45) is 2.47. The number of halogens is 3. The molecule has 8 nitrogen and oxygen atoms in total. The first-order valence-electron chi connectivity index (χ1n) is 10.3. The second-order valence-electron chi connectivity index (χ2n) is 8.05. The fraction of sp³-hybridized carbons (Fsp3) is 0.500. The number of aromatic nitrogens is 2. The van der Waals surface area contributed by atoms with Gasteiger partial charge in [-0.1, -0.05) is 0 Å². The van der Waals surface area contributed by atoms with Crippen molar-refractivity contribution in [1.82, 2.24) is 9.55 Å². The number of benzene rings is 1. The summed E-state index contributed by atoms with van der Waals surface area (Å²) in [5.41, 5.74) is -0.0521. The van der Waals surface area contributed by atoms with E-state index in [0.717, 1.165) is 36.6 Å². The molecule has 0 bridgehead atoms. The van der Waals surface area contributed by atoms with Crippen molar-refractivity contribution in [3.05, 3.63) is 36.8 Å². The van der Waals surface area contributed by atoms with Crippen LogP contribution in [0.1, 0.15) is 25.7 Å². The van der Waals surface area contributed by atoms with E-state index in [4.69, 9.17) is 0 Å². The minimum Gasteiger partial charge on any atom is -0.755 e. The molecule has 1 saturated heterocycles. The van der Waals surface area contributed by atoms with Gasteiger partial charge in [0, 0.05) is 25.8 Å². The predicted octanol–water partition coefficient (Wildman–Crippen LogP) is 3.24. The van der Waals surface area contributed by atoms with Gasteiger partial charge in [-0.05, 0) is 55.9 Å². The maximum Gasteiger partial charge on any atom is 0.573 e. The Morgan fingerprint density at radius 3 is 2.59 bits per heavy atom. The van der Waals surface area contributed by atoms with Crippen LogP contribution in [0.4, 0.5) is 24.7 Å². The number of rotatable bonds is 7. The highest BCUT2D eigenvalue weighted by molar-refractivity contribution is 7.81. The Kier molecular flexibility index (Phi) is 6.42. The average Bonchev–Trinajstić information content (AvgIpc) is 3.42. The summed E-state index contributed by atoms with van der Waals surface area (Å²) in [7, 11) is 0. The second kappa shape index (κ2) is 9.10. The predicted molar refractivity (Wildman–Crippen MR) is 109 cm³/mol. The first-order valence-corrected chi connectivity index (χ1v) is 11.3. The van der Waals surface area contributed by atoms with Crippen molar-refractivity contribution in [2.45, 2.75) is 38.6 Å². The number of nitrogens with zero attached hydrogens (tertiary/aromatic N) is 4. The number of alkyl halides is 3. The van der Waals surface area contributed by atoms with E-state index in [9.17, 15) is 26.7 Å². The fourth-order valence-electron chi connectivity index (χ4n) is 3.83. The van der Waals surface area contributed by atoms with Crippen LogP contribution in [0.15, 0.2) is 36.8 Å². The molecule has 2 atom stereocenters. The normalized spacial score (nSPS) is 20.1. The summed E-state index contributed by atoms with van der Waals surface area (Å²) in [6.45, 7) is 1.93. The zero-order chi connectivity index (χ0) is 22.9. The Bertz CT molecular complexity index is 978. The Hall–Kier alpha value is -2.60. The third-order valence-corrected chi connectivity index (χ3v) is 6.22. The standard InChI is InChI=1S/C20H23F3N4O4S/c21-20(22,23)31-17-7-5-16(6-8-17)27(32(29)30)19(28)15-2-1-9-26(11-15)18-12-25(13-24-18)10-14-3-4-14/h5-8,12-15H,1-4,9-11H2,(H,29,30)/p-1/t15-/m1/s1. The van der Waals surface area contributed by atoms with Gasteiger partial charge in [-0.3, -0.25) is 9.00 Å². The summed E-state index contributed by atoms with van der Waals surface area (Å²) in [5.74, 6) is -0.296. The van der Waals surface area contributed by atoms with E-state index in [0.29, 0.717) is 36.2 Å². The van der Waals surface area contributed by atoms with E-state index in [-0.39, 0.29) is 5.69 Å². The molecule has 2 fully saturated rings. The molecule has 1 unspecified atom stereocenters. The van der Waals surface area contributed by atoms with Gasteiger partial charge in [-0.15, -0.1) is 13.2 Å². The minimum atomic E-state index is -4.87. The number of carbonyl (C=O) groups excluding carboxylic acids is 1. The van der Waals surface area contributed by atoms with Crippen LogP contribution in [-0.4, -0.2) is 43.7 Å². The monoisotopic (exact) mass is 471 g/mol. The molecule has 2 aliphatic rings. The molecule has 4 rings (SSSR count). The van der Waals surface area contributed by atoms with Crippen LogP contribution in [0.5, 0.6) is 5.75 Å².